The molecule has 0 radical (unpaired) electrons. The predicted molar refractivity (Wildman–Crippen MR) is 124 cm³/mol. The number of benzene rings is 2. The first-order chi connectivity index (χ1) is 15.5. The lowest BCUT2D eigenvalue weighted by molar-refractivity contribution is -0.136. The van der Waals surface area contributed by atoms with Gasteiger partial charge in [0.15, 0.2) is 0 Å². The molecule has 2 atom stereocenters. The number of rotatable bonds is 8. The van der Waals surface area contributed by atoms with Crippen LogP contribution in [-0.4, -0.2) is 35.2 Å². The number of halogens is 1. The van der Waals surface area contributed by atoms with Crippen LogP contribution in [0.3, 0.4) is 0 Å². The van der Waals surface area contributed by atoms with Gasteiger partial charge in [-0.15, -0.1) is 0 Å². The zero-order valence-electron chi connectivity index (χ0n) is 17.9. The molecule has 166 valence electrons. The Morgan fingerprint density at radius 2 is 2.00 bits per heavy atom. The van der Waals surface area contributed by atoms with Crippen molar-refractivity contribution >= 4 is 17.5 Å². The van der Waals surface area contributed by atoms with E-state index in [9.17, 15) is 9.18 Å². The van der Waals surface area contributed by atoms with Crippen LogP contribution in [0.15, 0.2) is 60.8 Å². The smallest absolute Gasteiger partial charge is 0.307 e. The van der Waals surface area contributed by atoms with Gasteiger partial charge >= 0.3 is 5.97 Å². The van der Waals surface area contributed by atoms with Crippen LogP contribution in [0.1, 0.15) is 28.3 Å². The van der Waals surface area contributed by atoms with E-state index < -0.39 is 5.97 Å². The van der Waals surface area contributed by atoms with E-state index in [-0.39, 0.29) is 24.3 Å². The minimum atomic E-state index is -0.822. The van der Waals surface area contributed by atoms with Crippen LogP contribution in [0, 0.1) is 12.7 Å². The van der Waals surface area contributed by atoms with E-state index in [1.165, 1.54) is 12.3 Å². The highest BCUT2D eigenvalue weighted by atomic mass is 19.1. The third-order valence-corrected chi connectivity index (χ3v) is 5.91. The molecule has 7 heteroatoms. The summed E-state index contributed by atoms with van der Waals surface area (Å²) in [5.41, 5.74) is 4.83. The molecule has 4 rings (SSSR count). The molecule has 0 fully saturated rings. The van der Waals surface area contributed by atoms with Crippen molar-refractivity contribution in [1.82, 2.24) is 10.3 Å². The van der Waals surface area contributed by atoms with Crippen molar-refractivity contribution in [2.24, 2.45) is 0 Å². The third-order valence-electron chi connectivity index (χ3n) is 5.91. The van der Waals surface area contributed by atoms with Gasteiger partial charge in [0.2, 0.25) is 0 Å². The summed E-state index contributed by atoms with van der Waals surface area (Å²) in [5.74, 6) is -0.547. The molecule has 3 aromatic rings. The van der Waals surface area contributed by atoms with Gasteiger partial charge in [0, 0.05) is 12.6 Å². The number of nitrogens with one attached hydrogen (secondary N) is 3. The number of hydrogen-bond donors (Lipinski definition) is 4. The van der Waals surface area contributed by atoms with Crippen LogP contribution in [0.4, 0.5) is 15.9 Å². The molecule has 2 heterocycles. The maximum atomic E-state index is 13.5. The van der Waals surface area contributed by atoms with E-state index in [0.717, 1.165) is 35.2 Å². The number of anilines is 2. The number of hydrogen-bond acceptors (Lipinski definition) is 5. The molecule has 0 spiro atoms. The summed E-state index contributed by atoms with van der Waals surface area (Å²) < 4.78 is 13.5. The molecule has 0 bridgehead atoms. The Morgan fingerprint density at radius 3 is 2.78 bits per heavy atom. The second-order valence-electron chi connectivity index (χ2n) is 8.05. The lowest BCUT2D eigenvalue weighted by atomic mass is 9.96. The van der Waals surface area contributed by atoms with Crippen molar-refractivity contribution in [3.63, 3.8) is 0 Å². The van der Waals surface area contributed by atoms with Gasteiger partial charge < -0.3 is 21.1 Å². The summed E-state index contributed by atoms with van der Waals surface area (Å²) >= 11 is 0. The standard InChI is InChI=1S/C25H27FN4O2/c1-16-17(8-5-9-19(16)12-23(31)32)10-11-27-24(18-6-3-2-4-7-18)22-15-28-21-13-20(26)14-29-25(21)30-22/h2-9,13-14,22,24,27-28H,10-12,15H2,1H3,(H,29,30)(H,31,32)/t22-,24-/m1/s1. The van der Waals surface area contributed by atoms with E-state index in [1.807, 2.05) is 37.3 Å². The molecule has 0 unspecified atom stereocenters. The lowest BCUT2D eigenvalue weighted by Crippen LogP contribution is -2.44. The van der Waals surface area contributed by atoms with Crippen LogP contribution in [-0.2, 0) is 17.6 Å². The third kappa shape index (κ3) is 5.06. The van der Waals surface area contributed by atoms with E-state index in [2.05, 4.69) is 39.1 Å². The molecule has 32 heavy (non-hydrogen) atoms. The quantitative estimate of drug-likeness (QED) is 0.430. The Balaban J connectivity index is 1.48. The average Bonchev–Trinajstić information content (AvgIpc) is 2.79. The lowest BCUT2D eigenvalue weighted by Gasteiger charge is -2.34. The first-order valence-electron chi connectivity index (χ1n) is 10.7. The van der Waals surface area contributed by atoms with E-state index in [0.29, 0.717) is 18.1 Å². The van der Waals surface area contributed by atoms with E-state index >= 15 is 0 Å². The van der Waals surface area contributed by atoms with Gasteiger partial charge in [-0.05, 0) is 42.1 Å². The largest absolute Gasteiger partial charge is 0.481 e. The van der Waals surface area contributed by atoms with Gasteiger partial charge in [0.05, 0.1) is 30.4 Å². The van der Waals surface area contributed by atoms with Crippen molar-refractivity contribution in [2.45, 2.75) is 31.8 Å². The van der Waals surface area contributed by atoms with Gasteiger partial charge in [0.1, 0.15) is 11.6 Å². The van der Waals surface area contributed by atoms with Crippen LogP contribution in [0.5, 0.6) is 0 Å². The van der Waals surface area contributed by atoms with Crippen LogP contribution >= 0.6 is 0 Å². The Labute approximate surface area is 186 Å². The molecular weight excluding hydrogens is 407 g/mol. The molecule has 1 aliphatic heterocycles. The van der Waals surface area contributed by atoms with Gasteiger partial charge in [-0.3, -0.25) is 4.79 Å². The van der Waals surface area contributed by atoms with Gasteiger partial charge in [-0.25, -0.2) is 9.37 Å². The number of carboxylic acids is 1. The molecular formula is C25H27FN4O2. The number of aliphatic carboxylic acids is 1. The van der Waals surface area contributed by atoms with Crippen molar-refractivity contribution in [3.05, 3.63) is 88.9 Å². The van der Waals surface area contributed by atoms with E-state index in [1.54, 1.807) is 0 Å². The molecule has 2 aromatic carbocycles. The van der Waals surface area contributed by atoms with Gasteiger partial charge in [0.25, 0.3) is 0 Å². The fourth-order valence-electron chi connectivity index (χ4n) is 4.21. The molecule has 1 aromatic heterocycles. The summed E-state index contributed by atoms with van der Waals surface area (Å²) in [6.45, 7) is 3.33. The minimum Gasteiger partial charge on any atom is -0.481 e. The zero-order chi connectivity index (χ0) is 22.5. The monoisotopic (exact) mass is 434 g/mol. The molecule has 0 saturated heterocycles. The summed E-state index contributed by atoms with van der Waals surface area (Å²) in [4.78, 5) is 15.3. The first kappa shape index (κ1) is 21.8. The predicted octanol–water partition coefficient (Wildman–Crippen LogP) is 3.94. The normalized spacial score (nSPS) is 15.9. The van der Waals surface area contributed by atoms with Gasteiger partial charge in [-0.1, -0.05) is 48.5 Å². The van der Waals surface area contributed by atoms with Gasteiger partial charge in [-0.2, -0.15) is 0 Å². The highest BCUT2D eigenvalue weighted by molar-refractivity contribution is 5.71. The SMILES string of the molecule is Cc1c(CCN[C@H](c2ccccc2)[C@H]2CNc3cc(F)cnc3N2)cccc1CC(=O)O. The van der Waals surface area contributed by atoms with Crippen molar-refractivity contribution in [2.75, 3.05) is 23.7 Å². The van der Waals surface area contributed by atoms with Crippen molar-refractivity contribution in [3.8, 4) is 0 Å². The number of aromatic nitrogens is 1. The average molecular weight is 435 g/mol. The summed E-state index contributed by atoms with van der Waals surface area (Å²) in [7, 11) is 0. The van der Waals surface area contributed by atoms with Crippen molar-refractivity contribution in [1.29, 1.82) is 0 Å². The zero-order valence-corrected chi connectivity index (χ0v) is 17.9. The van der Waals surface area contributed by atoms with Crippen LogP contribution in [0.25, 0.3) is 0 Å². The second-order valence-corrected chi connectivity index (χ2v) is 8.05. The van der Waals surface area contributed by atoms with Crippen molar-refractivity contribution < 1.29 is 14.3 Å². The number of carboxylic acid groups (broad SMARTS) is 1. The number of fused-ring (bicyclic) bond motifs is 1. The maximum Gasteiger partial charge on any atom is 0.307 e. The fraction of sp³-hybridized carbons (Fsp3) is 0.280. The Bertz CT molecular complexity index is 1090. The summed E-state index contributed by atoms with van der Waals surface area (Å²) in [5, 5.41) is 19.5. The van der Waals surface area contributed by atoms with E-state index in [4.69, 9.17) is 5.11 Å². The maximum absolute atomic E-state index is 13.5. The minimum absolute atomic E-state index is 0.00575. The molecule has 4 N–H and O–H groups in total. The number of nitrogens with zero attached hydrogens (tertiary/aromatic N) is 1. The topological polar surface area (TPSA) is 86.3 Å². The number of pyridine rings is 1. The Morgan fingerprint density at radius 1 is 1.22 bits per heavy atom. The summed E-state index contributed by atoms with van der Waals surface area (Å²) in [6, 6.07) is 17.5. The Kier molecular flexibility index (Phi) is 6.66. The molecule has 0 saturated carbocycles. The highest BCUT2D eigenvalue weighted by Crippen LogP contribution is 2.29. The molecule has 0 aliphatic carbocycles. The molecule has 1 aliphatic rings. The number of carbonyl (C=O) groups is 1. The summed E-state index contributed by atoms with van der Waals surface area (Å²) in [6.07, 6.45) is 2.03. The molecule has 6 nitrogen and oxygen atoms in total. The molecule has 0 amide bonds. The van der Waals surface area contributed by atoms with Crippen LogP contribution in [0.2, 0.25) is 0 Å². The highest BCUT2D eigenvalue weighted by Gasteiger charge is 2.27. The fourth-order valence-corrected chi connectivity index (χ4v) is 4.21. The van der Waals surface area contributed by atoms with Crippen LogP contribution < -0.4 is 16.0 Å². The first-order valence-corrected chi connectivity index (χ1v) is 10.7. The second kappa shape index (κ2) is 9.78. The Hall–Kier alpha value is -3.45.